The van der Waals surface area contributed by atoms with Crippen LogP contribution < -0.4 is 0 Å². The van der Waals surface area contributed by atoms with Gasteiger partial charge in [0.05, 0.1) is 0 Å². The molecule has 0 aliphatic carbocycles. The number of hydrogen-bond donors (Lipinski definition) is 1. The van der Waals surface area contributed by atoms with Crippen molar-refractivity contribution in [1.82, 2.24) is 4.90 Å². The third-order valence-electron chi connectivity index (χ3n) is 3.61. The summed E-state index contributed by atoms with van der Waals surface area (Å²) in [7, 11) is 4.05. The van der Waals surface area contributed by atoms with Gasteiger partial charge < -0.3 is 10.0 Å². The molecule has 2 heteroatoms. The molecule has 0 aliphatic rings. The number of benzene rings is 2. The van der Waals surface area contributed by atoms with E-state index in [9.17, 15) is 5.11 Å². The van der Waals surface area contributed by atoms with Gasteiger partial charge in [0.1, 0.15) is 5.60 Å². The molecule has 0 spiro atoms. The highest BCUT2D eigenvalue weighted by Crippen LogP contribution is 2.35. The molecule has 0 heterocycles. The van der Waals surface area contributed by atoms with Crippen LogP contribution in [-0.4, -0.2) is 30.6 Å². The van der Waals surface area contributed by atoms with Crippen LogP contribution in [0.4, 0.5) is 0 Å². The zero-order valence-electron chi connectivity index (χ0n) is 13.0. The Hall–Kier alpha value is -1.90. The molecule has 0 fully saturated rings. The fraction of sp³-hybridized carbons (Fsp3) is 0.263. The standard InChI is InChI=1S/C19H23NO/c1-19(21,17-12-8-5-9-13-17)18(14-15-20(2)3)16-10-6-4-7-11-16/h4-14,21H,15H2,1-3H3/b18-14+. The van der Waals surface area contributed by atoms with Crippen molar-refractivity contribution >= 4 is 5.57 Å². The molecule has 2 aromatic carbocycles. The maximum atomic E-state index is 11.1. The summed E-state index contributed by atoms with van der Waals surface area (Å²) in [5.41, 5.74) is 1.87. The Morgan fingerprint density at radius 1 is 1.00 bits per heavy atom. The summed E-state index contributed by atoms with van der Waals surface area (Å²) in [6, 6.07) is 19.9. The molecule has 0 saturated carbocycles. The molecule has 1 N–H and O–H groups in total. The smallest absolute Gasteiger partial charge is 0.112 e. The topological polar surface area (TPSA) is 23.5 Å². The van der Waals surface area contributed by atoms with Gasteiger partial charge in [0.2, 0.25) is 0 Å². The first-order valence-corrected chi connectivity index (χ1v) is 7.20. The molecular formula is C19H23NO. The zero-order chi connectivity index (χ0) is 15.3. The van der Waals surface area contributed by atoms with E-state index in [0.717, 1.165) is 23.2 Å². The highest BCUT2D eigenvalue weighted by Gasteiger charge is 2.28. The van der Waals surface area contributed by atoms with Gasteiger partial charge in [0.25, 0.3) is 0 Å². The van der Waals surface area contributed by atoms with E-state index < -0.39 is 5.60 Å². The minimum atomic E-state index is -1.02. The lowest BCUT2D eigenvalue weighted by atomic mass is 9.83. The molecule has 1 atom stereocenters. The van der Waals surface area contributed by atoms with Crippen molar-refractivity contribution in [3.8, 4) is 0 Å². The van der Waals surface area contributed by atoms with Crippen molar-refractivity contribution in [3.05, 3.63) is 77.9 Å². The number of likely N-dealkylation sites (N-methyl/N-ethyl adjacent to an activating group) is 1. The molecule has 1 unspecified atom stereocenters. The monoisotopic (exact) mass is 281 g/mol. The third-order valence-corrected chi connectivity index (χ3v) is 3.61. The number of nitrogens with zero attached hydrogens (tertiary/aromatic N) is 1. The molecule has 2 aromatic rings. The predicted molar refractivity (Wildman–Crippen MR) is 89.0 cm³/mol. The van der Waals surface area contributed by atoms with E-state index in [2.05, 4.69) is 11.0 Å². The summed E-state index contributed by atoms with van der Waals surface area (Å²) in [4.78, 5) is 2.09. The Labute approximate surface area is 127 Å². The molecule has 21 heavy (non-hydrogen) atoms. The van der Waals surface area contributed by atoms with Gasteiger partial charge in [-0.15, -0.1) is 0 Å². The summed E-state index contributed by atoms with van der Waals surface area (Å²) in [6.07, 6.45) is 2.10. The van der Waals surface area contributed by atoms with Crippen molar-refractivity contribution in [3.63, 3.8) is 0 Å². The van der Waals surface area contributed by atoms with Gasteiger partial charge in [-0.05, 0) is 37.7 Å². The summed E-state index contributed by atoms with van der Waals surface area (Å²) in [5.74, 6) is 0. The summed E-state index contributed by atoms with van der Waals surface area (Å²) in [6.45, 7) is 2.64. The van der Waals surface area contributed by atoms with Crippen molar-refractivity contribution < 1.29 is 5.11 Å². The fourth-order valence-corrected chi connectivity index (χ4v) is 2.41. The van der Waals surface area contributed by atoms with E-state index in [0.29, 0.717) is 0 Å². The lowest BCUT2D eigenvalue weighted by Crippen LogP contribution is -2.24. The lowest BCUT2D eigenvalue weighted by Gasteiger charge is -2.28. The van der Waals surface area contributed by atoms with Crippen molar-refractivity contribution in [1.29, 1.82) is 0 Å². The fourth-order valence-electron chi connectivity index (χ4n) is 2.41. The molecular weight excluding hydrogens is 258 g/mol. The van der Waals surface area contributed by atoms with Gasteiger partial charge >= 0.3 is 0 Å². The molecule has 2 nitrogen and oxygen atoms in total. The van der Waals surface area contributed by atoms with Crippen LogP contribution in [0.15, 0.2) is 66.7 Å². The Balaban J connectivity index is 2.47. The second kappa shape index (κ2) is 6.70. The molecule has 0 radical (unpaired) electrons. The van der Waals surface area contributed by atoms with Crippen molar-refractivity contribution in [2.24, 2.45) is 0 Å². The van der Waals surface area contributed by atoms with E-state index >= 15 is 0 Å². The van der Waals surface area contributed by atoms with Gasteiger partial charge in [-0.25, -0.2) is 0 Å². The quantitative estimate of drug-likeness (QED) is 0.906. The first kappa shape index (κ1) is 15.5. The first-order valence-electron chi connectivity index (χ1n) is 7.20. The molecule has 2 rings (SSSR count). The maximum absolute atomic E-state index is 11.1. The number of rotatable bonds is 5. The molecule has 0 bridgehead atoms. The van der Waals surface area contributed by atoms with Crippen LogP contribution in [0.5, 0.6) is 0 Å². The maximum Gasteiger partial charge on any atom is 0.112 e. The summed E-state index contributed by atoms with van der Waals surface area (Å²) >= 11 is 0. The summed E-state index contributed by atoms with van der Waals surface area (Å²) in [5, 5.41) is 11.1. The van der Waals surface area contributed by atoms with Gasteiger partial charge in [0.15, 0.2) is 0 Å². The highest BCUT2D eigenvalue weighted by atomic mass is 16.3. The SMILES string of the molecule is CN(C)C/C=C(\c1ccccc1)C(C)(O)c1ccccc1. The predicted octanol–water partition coefficient (Wildman–Crippen LogP) is 3.54. The average molecular weight is 281 g/mol. The molecule has 110 valence electrons. The van der Waals surface area contributed by atoms with E-state index in [-0.39, 0.29) is 0 Å². The van der Waals surface area contributed by atoms with Gasteiger partial charge in [-0.2, -0.15) is 0 Å². The van der Waals surface area contributed by atoms with E-state index in [1.807, 2.05) is 81.7 Å². The minimum absolute atomic E-state index is 0.785. The van der Waals surface area contributed by atoms with Gasteiger partial charge in [-0.3, -0.25) is 0 Å². The molecule has 0 aromatic heterocycles. The van der Waals surface area contributed by atoms with Crippen LogP contribution in [-0.2, 0) is 5.60 Å². The van der Waals surface area contributed by atoms with Crippen LogP contribution in [0.3, 0.4) is 0 Å². The highest BCUT2D eigenvalue weighted by molar-refractivity contribution is 5.73. The van der Waals surface area contributed by atoms with E-state index in [4.69, 9.17) is 0 Å². The van der Waals surface area contributed by atoms with Crippen LogP contribution >= 0.6 is 0 Å². The Bertz CT molecular complexity index is 585. The molecule has 0 amide bonds. The second-order valence-corrected chi connectivity index (χ2v) is 5.68. The van der Waals surface area contributed by atoms with E-state index in [1.165, 1.54) is 0 Å². The number of hydrogen-bond acceptors (Lipinski definition) is 2. The normalized spacial score (nSPS) is 15.0. The minimum Gasteiger partial charge on any atom is -0.381 e. The largest absolute Gasteiger partial charge is 0.381 e. The molecule has 0 aliphatic heterocycles. The second-order valence-electron chi connectivity index (χ2n) is 5.68. The van der Waals surface area contributed by atoms with E-state index in [1.54, 1.807) is 0 Å². The van der Waals surface area contributed by atoms with Crippen LogP contribution in [0.2, 0.25) is 0 Å². The Kier molecular flexibility index (Phi) is 4.94. The van der Waals surface area contributed by atoms with Crippen LogP contribution in [0.25, 0.3) is 5.57 Å². The Morgan fingerprint density at radius 2 is 1.52 bits per heavy atom. The zero-order valence-corrected chi connectivity index (χ0v) is 13.0. The third kappa shape index (κ3) is 3.81. The van der Waals surface area contributed by atoms with Crippen LogP contribution in [0.1, 0.15) is 18.1 Å². The van der Waals surface area contributed by atoms with Crippen LogP contribution in [0, 0.1) is 0 Å². The van der Waals surface area contributed by atoms with Gasteiger partial charge in [-0.1, -0.05) is 66.7 Å². The van der Waals surface area contributed by atoms with Gasteiger partial charge in [0, 0.05) is 6.54 Å². The Morgan fingerprint density at radius 3 is 2.05 bits per heavy atom. The number of aliphatic hydroxyl groups is 1. The van der Waals surface area contributed by atoms with Crippen molar-refractivity contribution in [2.45, 2.75) is 12.5 Å². The first-order chi connectivity index (χ1) is 10.0. The molecule has 0 saturated heterocycles. The average Bonchev–Trinajstić information content (AvgIpc) is 2.49. The summed E-state index contributed by atoms with van der Waals surface area (Å²) < 4.78 is 0. The van der Waals surface area contributed by atoms with Crippen molar-refractivity contribution in [2.75, 3.05) is 20.6 Å². The lowest BCUT2D eigenvalue weighted by molar-refractivity contribution is 0.122.